The fraction of sp³-hybridized carbons (Fsp3) is 0.652. The van der Waals surface area contributed by atoms with Gasteiger partial charge in [0.2, 0.25) is 0 Å². The smallest absolute Gasteiger partial charge is 0.408 e. The van der Waals surface area contributed by atoms with E-state index in [1.807, 2.05) is 40.7 Å². The summed E-state index contributed by atoms with van der Waals surface area (Å²) in [5, 5.41) is 9.62. The van der Waals surface area contributed by atoms with Gasteiger partial charge in [-0.05, 0) is 53.0 Å². The average molecular weight is 419 g/mol. The number of benzene rings is 1. The third-order valence-electron chi connectivity index (χ3n) is 4.87. The van der Waals surface area contributed by atoms with E-state index in [0.717, 1.165) is 26.0 Å². The normalized spacial score (nSPS) is 20.4. The van der Waals surface area contributed by atoms with Gasteiger partial charge in [0.25, 0.3) is 0 Å². The Kier molecular flexibility index (Phi) is 8.53. The van der Waals surface area contributed by atoms with E-state index in [0.29, 0.717) is 18.4 Å². The van der Waals surface area contributed by atoms with Crippen LogP contribution in [0.3, 0.4) is 0 Å². The highest BCUT2D eigenvalue weighted by molar-refractivity contribution is 5.79. The molecule has 1 saturated heterocycles. The highest BCUT2D eigenvalue weighted by Gasteiger charge is 2.28. The lowest BCUT2D eigenvalue weighted by Gasteiger charge is -2.33. The second-order valence-electron chi connectivity index (χ2n) is 9.42. The molecule has 0 bridgehead atoms. The SMILES string of the molecule is CN=C(NCC1CCCOC1c1ccccc1)NCC(C)(C)NC(=O)OC(C)(C)C. The van der Waals surface area contributed by atoms with E-state index in [4.69, 9.17) is 9.47 Å². The summed E-state index contributed by atoms with van der Waals surface area (Å²) < 4.78 is 11.4. The number of nitrogens with one attached hydrogen (secondary N) is 3. The minimum atomic E-state index is -0.525. The molecule has 2 unspecified atom stereocenters. The zero-order chi connectivity index (χ0) is 22.2. The van der Waals surface area contributed by atoms with E-state index in [1.54, 1.807) is 7.05 Å². The molecule has 1 aliphatic heterocycles. The molecule has 168 valence electrons. The summed E-state index contributed by atoms with van der Waals surface area (Å²) in [5.41, 5.74) is 0.192. The van der Waals surface area contributed by atoms with Gasteiger partial charge in [0.05, 0.1) is 11.6 Å². The van der Waals surface area contributed by atoms with Crippen LogP contribution in [0.2, 0.25) is 0 Å². The number of amides is 1. The minimum Gasteiger partial charge on any atom is -0.444 e. The van der Waals surface area contributed by atoms with Crippen molar-refractivity contribution in [3.05, 3.63) is 35.9 Å². The van der Waals surface area contributed by atoms with E-state index in [2.05, 4.69) is 45.2 Å². The first-order valence-corrected chi connectivity index (χ1v) is 10.7. The molecular weight excluding hydrogens is 380 g/mol. The van der Waals surface area contributed by atoms with Gasteiger partial charge >= 0.3 is 6.09 Å². The second kappa shape index (κ2) is 10.7. The Morgan fingerprint density at radius 2 is 1.87 bits per heavy atom. The van der Waals surface area contributed by atoms with Crippen molar-refractivity contribution in [1.82, 2.24) is 16.0 Å². The monoisotopic (exact) mass is 418 g/mol. The molecule has 1 aromatic rings. The van der Waals surface area contributed by atoms with Gasteiger partial charge in [-0.25, -0.2) is 4.79 Å². The third-order valence-corrected chi connectivity index (χ3v) is 4.87. The fourth-order valence-corrected chi connectivity index (χ4v) is 3.44. The van der Waals surface area contributed by atoms with E-state index in [9.17, 15) is 4.79 Å². The summed E-state index contributed by atoms with van der Waals surface area (Å²) in [6.07, 6.45) is 1.84. The van der Waals surface area contributed by atoms with Gasteiger partial charge in [-0.3, -0.25) is 4.99 Å². The Bertz CT molecular complexity index is 698. The summed E-state index contributed by atoms with van der Waals surface area (Å²) in [6.45, 7) is 11.5. The molecule has 0 saturated carbocycles. The van der Waals surface area contributed by atoms with Crippen molar-refractivity contribution in [2.24, 2.45) is 10.9 Å². The number of carbonyl (C=O) groups excluding carboxylic acids is 1. The van der Waals surface area contributed by atoms with Crippen molar-refractivity contribution in [2.75, 3.05) is 26.7 Å². The van der Waals surface area contributed by atoms with E-state index in [-0.39, 0.29) is 6.10 Å². The Balaban J connectivity index is 1.85. The second-order valence-corrected chi connectivity index (χ2v) is 9.42. The molecule has 0 radical (unpaired) electrons. The third kappa shape index (κ3) is 8.22. The van der Waals surface area contributed by atoms with Gasteiger partial charge in [-0.2, -0.15) is 0 Å². The quantitative estimate of drug-likeness (QED) is 0.485. The van der Waals surface area contributed by atoms with Crippen molar-refractivity contribution in [2.45, 2.75) is 64.7 Å². The predicted octanol–water partition coefficient (Wildman–Crippen LogP) is 3.62. The van der Waals surface area contributed by atoms with Gasteiger partial charge in [-0.15, -0.1) is 0 Å². The van der Waals surface area contributed by atoms with Crippen LogP contribution < -0.4 is 16.0 Å². The molecule has 7 heteroatoms. The average Bonchev–Trinajstić information content (AvgIpc) is 2.67. The largest absolute Gasteiger partial charge is 0.444 e. The zero-order valence-corrected chi connectivity index (χ0v) is 19.2. The number of hydrogen-bond donors (Lipinski definition) is 3. The standard InChI is InChI=1S/C23H38N4O3/c1-22(2,3)30-21(28)27-23(4,5)16-26-20(24-6)25-15-18-13-10-14-29-19(18)17-11-8-7-9-12-17/h7-9,11-12,18-19H,10,13-16H2,1-6H3,(H,27,28)(H2,24,25,26). The summed E-state index contributed by atoms with van der Waals surface area (Å²) >= 11 is 0. The molecular formula is C23H38N4O3. The van der Waals surface area contributed by atoms with Crippen LogP contribution in [-0.2, 0) is 9.47 Å². The molecule has 0 spiro atoms. The molecule has 3 N–H and O–H groups in total. The lowest BCUT2D eigenvalue weighted by Crippen LogP contribution is -2.54. The summed E-state index contributed by atoms with van der Waals surface area (Å²) in [4.78, 5) is 16.4. The number of rotatable bonds is 6. The maximum atomic E-state index is 12.1. The lowest BCUT2D eigenvalue weighted by molar-refractivity contribution is -0.0265. The topological polar surface area (TPSA) is 84.0 Å². The highest BCUT2D eigenvalue weighted by Crippen LogP contribution is 2.33. The van der Waals surface area contributed by atoms with Crippen LogP contribution in [-0.4, -0.2) is 49.9 Å². The highest BCUT2D eigenvalue weighted by atomic mass is 16.6. The lowest BCUT2D eigenvalue weighted by atomic mass is 9.89. The van der Waals surface area contributed by atoms with Crippen LogP contribution in [0, 0.1) is 5.92 Å². The van der Waals surface area contributed by atoms with Gasteiger partial charge in [-0.1, -0.05) is 30.3 Å². The van der Waals surface area contributed by atoms with Gasteiger partial charge in [0, 0.05) is 32.7 Å². The number of carbonyl (C=O) groups is 1. The molecule has 1 amide bonds. The molecule has 1 aliphatic rings. The number of ether oxygens (including phenoxy) is 2. The Labute approximate surface area is 181 Å². The molecule has 7 nitrogen and oxygen atoms in total. The van der Waals surface area contributed by atoms with E-state index < -0.39 is 17.2 Å². The van der Waals surface area contributed by atoms with Crippen molar-refractivity contribution < 1.29 is 14.3 Å². The maximum Gasteiger partial charge on any atom is 0.408 e. The molecule has 30 heavy (non-hydrogen) atoms. The van der Waals surface area contributed by atoms with Gasteiger partial charge in [0.15, 0.2) is 5.96 Å². The number of alkyl carbamates (subject to hydrolysis) is 1. The number of aliphatic imine (C=N–C) groups is 1. The Morgan fingerprint density at radius 3 is 2.50 bits per heavy atom. The Morgan fingerprint density at radius 1 is 1.17 bits per heavy atom. The first-order valence-electron chi connectivity index (χ1n) is 10.7. The van der Waals surface area contributed by atoms with Crippen molar-refractivity contribution in [3.8, 4) is 0 Å². The van der Waals surface area contributed by atoms with Crippen LogP contribution >= 0.6 is 0 Å². The number of guanidine groups is 1. The van der Waals surface area contributed by atoms with Crippen molar-refractivity contribution in [3.63, 3.8) is 0 Å². The minimum absolute atomic E-state index is 0.0934. The molecule has 1 heterocycles. The first kappa shape index (κ1) is 24.0. The number of nitrogens with zero attached hydrogens (tertiary/aromatic N) is 1. The van der Waals surface area contributed by atoms with E-state index in [1.165, 1.54) is 5.56 Å². The maximum absolute atomic E-state index is 12.1. The van der Waals surface area contributed by atoms with Crippen LogP contribution in [0.5, 0.6) is 0 Å². The van der Waals surface area contributed by atoms with Crippen LogP contribution in [0.15, 0.2) is 35.3 Å². The molecule has 2 atom stereocenters. The van der Waals surface area contributed by atoms with E-state index >= 15 is 0 Å². The van der Waals surface area contributed by atoms with Gasteiger partial charge < -0.3 is 25.4 Å². The fourth-order valence-electron chi connectivity index (χ4n) is 3.44. The predicted molar refractivity (Wildman–Crippen MR) is 121 cm³/mol. The summed E-state index contributed by atoms with van der Waals surface area (Å²) in [6, 6.07) is 10.4. The summed E-state index contributed by atoms with van der Waals surface area (Å²) in [7, 11) is 1.75. The molecule has 1 aromatic carbocycles. The van der Waals surface area contributed by atoms with Gasteiger partial charge in [0.1, 0.15) is 5.60 Å². The van der Waals surface area contributed by atoms with Crippen LogP contribution in [0.25, 0.3) is 0 Å². The molecule has 0 aliphatic carbocycles. The Hall–Kier alpha value is -2.28. The number of hydrogen-bond acceptors (Lipinski definition) is 4. The molecule has 1 fully saturated rings. The summed E-state index contributed by atoms with van der Waals surface area (Å²) in [5.74, 6) is 1.07. The van der Waals surface area contributed by atoms with Crippen molar-refractivity contribution >= 4 is 12.1 Å². The van der Waals surface area contributed by atoms with Crippen LogP contribution in [0.1, 0.15) is 59.1 Å². The zero-order valence-electron chi connectivity index (χ0n) is 19.2. The first-order chi connectivity index (χ1) is 14.1. The van der Waals surface area contributed by atoms with Crippen molar-refractivity contribution in [1.29, 1.82) is 0 Å². The molecule has 0 aromatic heterocycles. The molecule has 2 rings (SSSR count). The van der Waals surface area contributed by atoms with Crippen LogP contribution in [0.4, 0.5) is 4.79 Å².